The minimum Gasteiger partial charge on any atom is -0.489 e. The minimum atomic E-state index is -5.33. The number of aryl methyl sites for hydroxylation is 1. The number of rotatable bonds is 11. The number of para-hydroxylation sites is 1. The molecule has 4 N–H and O–H groups in total. The fraction of sp³-hybridized carbons (Fsp3) is 0.370. The van der Waals surface area contributed by atoms with Crippen LogP contribution in [0.2, 0.25) is 0 Å². The molecule has 3 rings (SSSR count). The zero-order chi connectivity index (χ0) is 27.8. The number of nitrogens with zero attached hydrogens (tertiary/aromatic N) is 2. The molecular weight excluding hydrogens is 501 g/mol. The topological polar surface area (TPSA) is 121 Å². The van der Waals surface area contributed by atoms with Crippen molar-refractivity contribution in [2.24, 2.45) is 11.5 Å². The Hall–Kier alpha value is -3.70. The molecule has 2 aromatic carbocycles. The minimum absolute atomic E-state index is 0.0762. The maximum Gasteiger partial charge on any atom is 0.493 e. The molecule has 0 unspecified atom stereocenters. The van der Waals surface area contributed by atoms with Crippen LogP contribution in [0.15, 0.2) is 66.9 Å². The summed E-state index contributed by atoms with van der Waals surface area (Å²) in [7, 11) is 0. The summed E-state index contributed by atoms with van der Waals surface area (Å²) in [6.45, 7) is 1.33. The van der Waals surface area contributed by atoms with E-state index in [9.17, 15) is 22.8 Å². The van der Waals surface area contributed by atoms with Gasteiger partial charge in [0, 0.05) is 5.39 Å². The highest BCUT2D eigenvalue weighted by molar-refractivity contribution is 5.84. The van der Waals surface area contributed by atoms with Crippen LogP contribution in [-0.2, 0) is 20.8 Å². The molecule has 0 fully saturated rings. The van der Waals surface area contributed by atoms with Crippen LogP contribution in [0.4, 0.5) is 13.2 Å². The van der Waals surface area contributed by atoms with Crippen molar-refractivity contribution in [3.05, 3.63) is 72.4 Å². The Labute approximate surface area is 218 Å². The van der Waals surface area contributed by atoms with E-state index in [1.165, 1.54) is 13.1 Å². The van der Waals surface area contributed by atoms with Crippen molar-refractivity contribution in [2.45, 2.75) is 50.4 Å². The first-order valence-corrected chi connectivity index (χ1v) is 12.1. The second-order valence-corrected chi connectivity index (χ2v) is 9.18. The van der Waals surface area contributed by atoms with Crippen molar-refractivity contribution in [2.75, 3.05) is 13.2 Å². The van der Waals surface area contributed by atoms with Gasteiger partial charge in [-0.2, -0.15) is 18.2 Å². The Morgan fingerprint density at radius 3 is 2.45 bits per heavy atom. The summed E-state index contributed by atoms with van der Waals surface area (Å²) in [5.74, 6) is -3.18. The molecule has 0 radical (unpaired) electrons. The van der Waals surface area contributed by atoms with Gasteiger partial charge < -0.3 is 21.0 Å². The van der Waals surface area contributed by atoms with E-state index in [0.717, 1.165) is 16.5 Å². The number of fused-ring (bicyclic) bond motifs is 1. The van der Waals surface area contributed by atoms with Crippen LogP contribution in [0.5, 0.6) is 5.75 Å². The van der Waals surface area contributed by atoms with Gasteiger partial charge in [-0.25, -0.2) is 4.79 Å². The molecule has 0 aliphatic rings. The third-order valence-corrected chi connectivity index (χ3v) is 6.03. The van der Waals surface area contributed by atoms with Crippen molar-refractivity contribution in [1.82, 2.24) is 10.0 Å². The molecule has 0 bridgehead atoms. The lowest BCUT2D eigenvalue weighted by Crippen LogP contribution is -2.59. The predicted molar refractivity (Wildman–Crippen MR) is 136 cm³/mol. The van der Waals surface area contributed by atoms with Crippen LogP contribution in [0.25, 0.3) is 10.9 Å². The summed E-state index contributed by atoms with van der Waals surface area (Å²) in [6, 6.07) is 16.9. The lowest BCUT2D eigenvalue weighted by atomic mass is 9.94. The van der Waals surface area contributed by atoms with Crippen LogP contribution in [-0.4, -0.2) is 52.8 Å². The summed E-state index contributed by atoms with van der Waals surface area (Å²) in [5.41, 5.74) is 11.9. The van der Waals surface area contributed by atoms with Gasteiger partial charge >= 0.3 is 12.1 Å². The Morgan fingerprint density at radius 1 is 1.08 bits per heavy atom. The van der Waals surface area contributed by atoms with Gasteiger partial charge in [-0.15, -0.1) is 0 Å². The van der Waals surface area contributed by atoms with Crippen molar-refractivity contribution in [3.63, 3.8) is 0 Å². The monoisotopic (exact) mass is 532 g/mol. The van der Waals surface area contributed by atoms with E-state index in [1.807, 2.05) is 54.6 Å². The predicted octanol–water partition coefficient (Wildman–Crippen LogP) is 3.92. The van der Waals surface area contributed by atoms with E-state index in [2.05, 4.69) is 9.82 Å². The zero-order valence-corrected chi connectivity index (χ0v) is 21.0. The molecule has 1 heterocycles. The number of amides is 1. The number of alkyl halides is 3. The van der Waals surface area contributed by atoms with E-state index in [4.69, 9.17) is 16.2 Å². The van der Waals surface area contributed by atoms with Crippen molar-refractivity contribution < 1.29 is 32.3 Å². The largest absolute Gasteiger partial charge is 0.493 e. The van der Waals surface area contributed by atoms with Gasteiger partial charge in [-0.1, -0.05) is 48.5 Å². The Bertz CT molecular complexity index is 1230. The van der Waals surface area contributed by atoms with Gasteiger partial charge in [0.15, 0.2) is 0 Å². The lowest BCUT2D eigenvalue weighted by molar-refractivity contribution is -0.257. The van der Waals surface area contributed by atoms with Crippen molar-refractivity contribution >= 4 is 22.8 Å². The highest BCUT2D eigenvalue weighted by atomic mass is 19.4. The van der Waals surface area contributed by atoms with E-state index >= 15 is 0 Å². The standard InChI is InChI=1S/C27H31F3N4O4/c1-26(14-7-15-31,18-37-21-16-20-10-5-6-11-23(20)33-17-21)34(38-25(36)27(28,29)30)24(35)22(32)13-12-19-8-3-2-4-9-19/h2-6,8-11,16-17,22H,7,12-15,18,31-32H2,1H3/t22-,26-/m0/s1. The Morgan fingerprint density at radius 2 is 1.76 bits per heavy atom. The number of carbonyl (C=O) groups excluding carboxylic acids is 2. The molecular formula is C27H31F3N4O4. The molecule has 0 aliphatic carbocycles. The van der Waals surface area contributed by atoms with E-state index in [1.54, 1.807) is 6.07 Å². The first kappa shape index (κ1) is 28.9. The summed E-state index contributed by atoms with van der Waals surface area (Å²) in [4.78, 5) is 34.2. The van der Waals surface area contributed by atoms with Gasteiger partial charge in [0.05, 0.1) is 17.8 Å². The number of aromatic nitrogens is 1. The summed E-state index contributed by atoms with van der Waals surface area (Å²) < 4.78 is 45.4. The average molecular weight is 533 g/mol. The van der Waals surface area contributed by atoms with Gasteiger partial charge in [0.25, 0.3) is 5.91 Å². The number of ether oxygens (including phenoxy) is 1. The van der Waals surface area contributed by atoms with Gasteiger partial charge in [-0.3, -0.25) is 9.78 Å². The molecule has 0 spiro atoms. The van der Waals surface area contributed by atoms with E-state index in [-0.39, 0.29) is 26.0 Å². The molecule has 3 aromatic rings. The van der Waals surface area contributed by atoms with Crippen LogP contribution in [0, 0.1) is 0 Å². The number of halogens is 3. The van der Waals surface area contributed by atoms with Crippen LogP contribution >= 0.6 is 0 Å². The fourth-order valence-electron chi connectivity index (χ4n) is 3.88. The Balaban J connectivity index is 1.86. The summed E-state index contributed by atoms with van der Waals surface area (Å²) >= 11 is 0. The zero-order valence-electron chi connectivity index (χ0n) is 21.0. The highest BCUT2D eigenvalue weighted by Gasteiger charge is 2.48. The smallest absolute Gasteiger partial charge is 0.489 e. The number of hydrogen-bond donors (Lipinski definition) is 2. The maximum atomic E-state index is 13.4. The second kappa shape index (κ2) is 12.7. The van der Waals surface area contributed by atoms with E-state index in [0.29, 0.717) is 23.7 Å². The number of hydrogen-bond acceptors (Lipinski definition) is 7. The maximum absolute atomic E-state index is 13.4. The number of nitrogens with two attached hydrogens (primary N) is 2. The van der Waals surface area contributed by atoms with Gasteiger partial charge in [-0.05, 0) is 56.8 Å². The molecule has 0 saturated heterocycles. The fourth-order valence-corrected chi connectivity index (χ4v) is 3.88. The molecule has 1 aromatic heterocycles. The van der Waals surface area contributed by atoms with Crippen LogP contribution in [0.1, 0.15) is 31.7 Å². The van der Waals surface area contributed by atoms with Crippen molar-refractivity contribution in [3.8, 4) is 5.75 Å². The first-order valence-electron chi connectivity index (χ1n) is 12.1. The van der Waals surface area contributed by atoms with Crippen LogP contribution in [0.3, 0.4) is 0 Å². The number of carbonyl (C=O) groups is 2. The van der Waals surface area contributed by atoms with Gasteiger partial charge in [0.2, 0.25) is 0 Å². The Kier molecular flexibility index (Phi) is 9.65. The van der Waals surface area contributed by atoms with Gasteiger partial charge in [0.1, 0.15) is 17.9 Å². The normalized spacial score (nSPS) is 13.9. The summed E-state index contributed by atoms with van der Waals surface area (Å²) in [5, 5.41) is 1.20. The molecule has 0 saturated carbocycles. The molecule has 1 amide bonds. The number of benzene rings is 2. The van der Waals surface area contributed by atoms with Crippen molar-refractivity contribution in [1.29, 1.82) is 0 Å². The number of pyridine rings is 1. The van der Waals surface area contributed by atoms with Crippen LogP contribution < -0.4 is 16.2 Å². The molecule has 204 valence electrons. The lowest BCUT2D eigenvalue weighted by Gasteiger charge is -2.40. The average Bonchev–Trinajstić information content (AvgIpc) is 2.91. The number of hydroxylamine groups is 2. The molecule has 0 aliphatic heterocycles. The third kappa shape index (κ3) is 7.65. The molecule has 2 atom stereocenters. The first-order chi connectivity index (χ1) is 18.0. The molecule has 38 heavy (non-hydrogen) atoms. The third-order valence-electron chi connectivity index (χ3n) is 6.03. The van der Waals surface area contributed by atoms with E-state index < -0.39 is 29.6 Å². The SMILES string of the molecule is C[C@](CCCN)(COc1cnc2ccccc2c1)N(OC(=O)C(F)(F)F)C(=O)[C@@H](N)CCc1ccccc1. The second-order valence-electron chi connectivity index (χ2n) is 9.18. The molecule has 8 nitrogen and oxygen atoms in total. The summed E-state index contributed by atoms with van der Waals surface area (Å²) in [6.07, 6.45) is -2.97. The highest BCUT2D eigenvalue weighted by Crippen LogP contribution is 2.28. The quantitative estimate of drug-likeness (QED) is 0.359. The molecule has 11 heteroatoms.